The Morgan fingerprint density at radius 3 is 2.78 bits per heavy atom. The largest absolute Gasteiger partial charge is 0.355 e. The molecule has 0 unspecified atom stereocenters. The van der Waals surface area contributed by atoms with Gasteiger partial charge in [0.2, 0.25) is 0 Å². The van der Waals surface area contributed by atoms with Crippen molar-refractivity contribution in [2.24, 2.45) is 5.92 Å². The van der Waals surface area contributed by atoms with Crippen LogP contribution in [0.15, 0.2) is 12.4 Å². The molecule has 0 atom stereocenters. The molecule has 18 heavy (non-hydrogen) atoms. The maximum absolute atomic E-state index is 4.73. The zero-order valence-corrected chi connectivity index (χ0v) is 11.1. The summed E-state index contributed by atoms with van der Waals surface area (Å²) >= 11 is 0. The fourth-order valence-corrected chi connectivity index (χ4v) is 2.17. The van der Waals surface area contributed by atoms with Crippen LogP contribution >= 0.6 is 0 Å². The number of hydrogen-bond acceptors (Lipinski definition) is 4. The molecular formula is C14H22N4. The smallest absolute Gasteiger partial charge is 0.147 e. The molecule has 0 radical (unpaired) electrons. The molecule has 1 aromatic rings. The molecule has 1 aromatic heterocycles. The van der Waals surface area contributed by atoms with Gasteiger partial charge >= 0.3 is 0 Å². The van der Waals surface area contributed by atoms with Crippen molar-refractivity contribution in [2.75, 3.05) is 18.0 Å². The lowest BCUT2D eigenvalue weighted by molar-refractivity contribution is 0.665. The van der Waals surface area contributed by atoms with Crippen LogP contribution in [-0.2, 0) is 6.54 Å². The van der Waals surface area contributed by atoms with E-state index in [1.807, 2.05) is 12.4 Å². The van der Waals surface area contributed by atoms with Crippen molar-refractivity contribution in [3.05, 3.63) is 18.1 Å². The van der Waals surface area contributed by atoms with Crippen LogP contribution in [-0.4, -0.2) is 29.1 Å². The minimum atomic E-state index is 0.726. The van der Waals surface area contributed by atoms with Crippen LogP contribution in [0.2, 0.25) is 0 Å². The monoisotopic (exact) mass is 246 g/mol. The Labute approximate surface area is 109 Å². The molecule has 2 aliphatic rings. The molecule has 0 aliphatic heterocycles. The van der Waals surface area contributed by atoms with Crippen LogP contribution in [0.3, 0.4) is 0 Å². The standard InChI is InChI=1S/C14H22N4/c1-2-18(10-11-3-4-11)14-9-15-7-13(17-14)8-16-12-5-6-12/h7,9,11-12,16H,2-6,8,10H2,1H3. The predicted octanol–water partition coefficient (Wildman–Crippen LogP) is 1.96. The topological polar surface area (TPSA) is 41.1 Å². The molecule has 2 fully saturated rings. The Morgan fingerprint density at radius 1 is 1.28 bits per heavy atom. The molecule has 0 aromatic carbocycles. The average molecular weight is 246 g/mol. The zero-order valence-electron chi connectivity index (χ0n) is 11.1. The van der Waals surface area contributed by atoms with Crippen molar-refractivity contribution >= 4 is 5.82 Å². The maximum Gasteiger partial charge on any atom is 0.147 e. The number of nitrogens with zero attached hydrogens (tertiary/aromatic N) is 3. The predicted molar refractivity (Wildman–Crippen MR) is 72.5 cm³/mol. The number of nitrogens with one attached hydrogen (secondary N) is 1. The summed E-state index contributed by atoms with van der Waals surface area (Å²) < 4.78 is 0. The molecule has 98 valence electrons. The first-order chi connectivity index (χ1) is 8.85. The zero-order chi connectivity index (χ0) is 12.4. The van der Waals surface area contributed by atoms with Crippen molar-refractivity contribution in [3.63, 3.8) is 0 Å². The van der Waals surface area contributed by atoms with E-state index in [0.29, 0.717) is 0 Å². The Kier molecular flexibility index (Phi) is 3.46. The summed E-state index contributed by atoms with van der Waals surface area (Å²) in [4.78, 5) is 11.4. The van der Waals surface area contributed by atoms with Crippen LogP contribution in [0.4, 0.5) is 5.82 Å². The van der Waals surface area contributed by atoms with E-state index in [0.717, 1.165) is 43.1 Å². The van der Waals surface area contributed by atoms with Crippen LogP contribution in [0, 0.1) is 5.92 Å². The molecule has 2 saturated carbocycles. The summed E-state index contributed by atoms with van der Waals surface area (Å²) in [5.74, 6) is 1.93. The second kappa shape index (κ2) is 5.22. The molecule has 4 nitrogen and oxygen atoms in total. The molecule has 0 bridgehead atoms. The molecule has 4 heteroatoms. The van der Waals surface area contributed by atoms with Gasteiger partial charge in [-0.15, -0.1) is 0 Å². The van der Waals surface area contributed by atoms with E-state index in [1.54, 1.807) is 0 Å². The highest BCUT2D eigenvalue weighted by atomic mass is 15.2. The van der Waals surface area contributed by atoms with Crippen LogP contribution < -0.4 is 10.2 Å². The SMILES string of the molecule is CCN(CC1CC1)c1cncc(CNC2CC2)n1. The van der Waals surface area contributed by atoms with Crippen molar-refractivity contribution in [1.82, 2.24) is 15.3 Å². The Hall–Kier alpha value is -1.16. The summed E-state index contributed by atoms with van der Waals surface area (Å²) in [5, 5.41) is 3.49. The van der Waals surface area contributed by atoms with Gasteiger partial charge in [0.15, 0.2) is 0 Å². The highest BCUT2D eigenvalue weighted by Gasteiger charge is 2.24. The molecule has 1 N–H and O–H groups in total. The first-order valence-corrected chi connectivity index (χ1v) is 7.14. The summed E-state index contributed by atoms with van der Waals surface area (Å²) in [5.41, 5.74) is 1.06. The van der Waals surface area contributed by atoms with Gasteiger partial charge < -0.3 is 10.2 Å². The van der Waals surface area contributed by atoms with Gasteiger partial charge in [0.1, 0.15) is 5.82 Å². The minimum absolute atomic E-state index is 0.726. The van der Waals surface area contributed by atoms with Crippen molar-refractivity contribution < 1.29 is 0 Å². The van der Waals surface area contributed by atoms with E-state index < -0.39 is 0 Å². The van der Waals surface area contributed by atoms with Gasteiger partial charge in [-0.25, -0.2) is 4.98 Å². The number of hydrogen-bond donors (Lipinski definition) is 1. The number of aromatic nitrogens is 2. The summed E-state index contributed by atoms with van der Waals surface area (Å²) in [7, 11) is 0. The van der Waals surface area contributed by atoms with E-state index in [9.17, 15) is 0 Å². The van der Waals surface area contributed by atoms with E-state index in [1.165, 1.54) is 25.7 Å². The third-order valence-corrected chi connectivity index (χ3v) is 3.70. The first kappa shape index (κ1) is 11.9. The molecule has 3 rings (SSSR count). The first-order valence-electron chi connectivity index (χ1n) is 7.14. The lowest BCUT2D eigenvalue weighted by Gasteiger charge is -2.21. The second-order valence-corrected chi connectivity index (χ2v) is 5.51. The molecular weight excluding hydrogens is 224 g/mol. The van der Waals surface area contributed by atoms with Gasteiger partial charge in [0.05, 0.1) is 11.9 Å². The summed E-state index contributed by atoms with van der Waals surface area (Å²) in [6, 6.07) is 0.726. The third kappa shape index (κ3) is 3.19. The summed E-state index contributed by atoms with van der Waals surface area (Å²) in [6.07, 6.45) is 9.17. The lowest BCUT2D eigenvalue weighted by atomic mass is 10.3. The van der Waals surface area contributed by atoms with Crippen molar-refractivity contribution in [1.29, 1.82) is 0 Å². The van der Waals surface area contributed by atoms with Gasteiger partial charge in [-0.2, -0.15) is 0 Å². The van der Waals surface area contributed by atoms with Crippen LogP contribution in [0.5, 0.6) is 0 Å². The quantitative estimate of drug-likeness (QED) is 0.798. The van der Waals surface area contributed by atoms with Crippen molar-refractivity contribution in [3.8, 4) is 0 Å². The van der Waals surface area contributed by atoms with Gasteiger partial charge in [0.25, 0.3) is 0 Å². The molecule has 1 heterocycles. The normalized spacial score (nSPS) is 18.9. The molecule has 0 saturated heterocycles. The Balaban J connectivity index is 1.63. The Morgan fingerprint density at radius 2 is 2.11 bits per heavy atom. The third-order valence-electron chi connectivity index (χ3n) is 3.70. The van der Waals surface area contributed by atoms with E-state index in [-0.39, 0.29) is 0 Å². The lowest BCUT2D eigenvalue weighted by Crippen LogP contribution is -2.27. The summed E-state index contributed by atoms with van der Waals surface area (Å²) in [6.45, 7) is 5.21. The van der Waals surface area contributed by atoms with Gasteiger partial charge in [0, 0.05) is 31.9 Å². The van der Waals surface area contributed by atoms with Gasteiger partial charge in [-0.3, -0.25) is 4.98 Å². The van der Waals surface area contributed by atoms with Gasteiger partial charge in [-0.05, 0) is 38.5 Å². The highest BCUT2D eigenvalue weighted by Crippen LogP contribution is 2.30. The fraction of sp³-hybridized carbons (Fsp3) is 0.714. The fourth-order valence-electron chi connectivity index (χ4n) is 2.17. The maximum atomic E-state index is 4.73. The van der Waals surface area contributed by atoms with Crippen LogP contribution in [0.1, 0.15) is 38.3 Å². The van der Waals surface area contributed by atoms with Gasteiger partial charge in [-0.1, -0.05) is 0 Å². The second-order valence-electron chi connectivity index (χ2n) is 5.51. The van der Waals surface area contributed by atoms with E-state index in [2.05, 4.69) is 22.1 Å². The molecule has 0 spiro atoms. The minimum Gasteiger partial charge on any atom is -0.355 e. The molecule has 2 aliphatic carbocycles. The Bertz CT molecular complexity index is 399. The van der Waals surface area contributed by atoms with E-state index in [4.69, 9.17) is 4.98 Å². The average Bonchev–Trinajstić information content (AvgIpc) is 3.28. The van der Waals surface area contributed by atoms with Crippen LogP contribution in [0.25, 0.3) is 0 Å². The van der Waals surface area contributed by atoms with Crippen molar-refractivity contribution in [2.45, 2.75) is 45.2 Å². The number of anilines is 1. The molecule has 0 amide bonds. The highest BCUT2D eigenvalue weighted by molar-refractivity contribution is 5.36. The van der Waals surface area contributed by atoms with E-state index >= 15 is 0 Å². The number of rotatable bonds is 7.